The maximum Gasteiger partial charge on any atom is 0.305 e. The molecule has 94 heavy (non-hydrogen) atoms. The number of rotatable bonds is 83. The minimum Gasteiger partial charge on any atom is -0.466 e. The fourth-order valence-electron chi connectivity index (χ4n) is 14.1. The highest BCUT2D eigenvalue weighted by Crippen LogP contribution is 2.21. The highest BCUT2D eigenvalue weighted by atomic mass is 16.5. The molecule has 0 aliphatic carbocycles. The third-order valence-electron chi connectivity index (χ3n) is 20.8. The van der Waals surface area contributed by atoms with E-state index in [1.54, 1.807) is 0 Å². The predicted molar refractivity (Wildman–Crippen MR) is 417 cm³/mol. The van der Waals surface area contributed by atoms with Crippen molar-refractivity contribution >= 4 is 11.9 Å². The zero-order valence-electron chi connectivity index (χ0n) is 64.2. The summed E-state index contributed by atoms with van der Waals surface area (Å²) in [6, 6.07) is -0.541. The molecule has 0 saturated carbocycles. The summed E-state index contributed by atoms with van der Waals surface area (Å²) in [5.41, 5.74) is 0. The summed E-state index contributed by atoms with van der Waals surface area (Å²) in [7, 11) is 0. The maximum atomic E-state index is 12.6. The van der Waals surface area contributed by atoms with Crippen molar-refractivity contribution in [1.82, 2.24) is 5.32 Å². The van der Waals surface area contributed by atoms with Crippen LogP contribution in [0.2, 0.25) is 0 Å². The summed E-state index contributed by atoms with van der Waals surface area (Å²) >= 11 is 0. The van der Waals surface area contributed by atoms with Gasteiger partial charge in [0.2, 0.25) is 5.91 Å². The van der Waals surface area contributed by atoms with Crippen molar-refractivity contribution in [2.75, 3.05) is 13.2 Å². The molecule has 0 spiro atoms. The zero-order chi connectivity index (χ0) is 67.7. The van der Waals surface area contributed by atoms with Crippen molar-refractivity contribution in [2.45, 2.75) is 514 Å². The van der Waals surface area contributed by atoms with E-state index in [9.17, 15) is 19.8 Å². The minimum absolute atomic E-state index is 0.0225. The first kappa shape index (κ1) is 92.3. The van der Waals surface area contributed by atoms with Gasteiger partial charge in [-0.15, -0.1) is 0 Å². The lowest BCUT2D eigenvalue weighted by molar-refractivity contribution is -0.143. The molecular formula is C88H171NO5. The molecule has 0 saturated heterocycles. The van der Waals surface area contributed by atoms with Gasteiger partial charge in [-0.05, 0) is 57.8 Å². The molecule has 0 fully saturated rings. The number of aliphatic hydroxyl groups is 2. The average molecular weight is 1320 g/mol. The molecule has 2 unspecified atom stereocenters. The molecule has 0 aliphatic rings. The molecule has 1 amide bonds. The molecule has 0 aliphatic heterocycles. The Morgan fingerprint density at radius 3 is 0.809 bits per heavy atom. The standard InChI is InChI=1S/C88H171NO5/c1-3-5-7-9-11-13-15-17-19-21-23-24-25-39-42-45-48-52-56-60-64-68-72-76-80-86(91)85(84-90)89-87(92)81-77-73-69-65-61-57-53-49-46-43-40-37-35-33-31-29-27-26-28-30-32-34-36-38-41-44-47-51-55-59-63-67-71-75-79-83-94-88(93)82-78-74-70-66-62-58-54-50-22-20-18-16-14-12-10-8-6-4-2/h28,30,34,36,85-86,90-91H,3-27,29,31-33,35,37-84H2,1-2H3,(H,89,92)/b30-28-,36-34-. The van der Waals surface area contributed by atoms with Gasteiger partial charge in [0.25, 0.3) is 0 Å². The van der Waals surface area contributed by atoms with E-state index >= 15 is 0 Å². The minimum atomic E-state index is -0.664. The first-order valence-electron chi connectivity index (χ1n) is 43.6. The number of aliphatic hydroxyl groups excluding tert-OH is 2. The molecule has 3 N–H and O–H groups in total. The second-order valence-electron chi connectivity index (χ2n) is 30.2. The van der Waals surface area contributed by atoms with Crippen LogP contribution in [-0.2, 0) is 14.3 Å². The van der Waals surface area contributed by atoms with Gasteiger partial charge in [-0.3, -0.25) is 9.59 Å². The van der Waals surface area contributed by atoms with Gasteiger partial charge in [0, 0.05) is 12.8 Å². The lowest BCUT2D eigenvalue weighted by Gasteiger charge is -2.22. The van der Waals surface area contributed by atoms with Gasteiger partial charge in [0.1, 0.15) is 0 Å². The van der Waals surface area contributed by atoms with Crippen LogP contribution in [0, 0.1) is 0 Å². The number of allylic oxidation sites excluding steroid dienone is 4. The number of carbonyl (C=O) groups excluding carboxylic acids is 2. The van der Waals surface area contributed by atoms with E-state index in [-0.39, 0.29) is 18.5 Å². The number of carbonyl (C=O) groups is 2. The van der Waals surface area contributed by atoms with Crippen LogP contribution in [-0.4, -0.2) is 47.4 Å². The van der Waals surface area contributed by atoms with E-state index in [0.717, 1.165) is 44.9 Å². The fourth-order valence-corrected chi connectivity index (χ4v) is 14.1. The normalized spacial score (nSPS) is 12.5. The van der Waals surface area contributed by atoms with Crippen LogP contribution in [0.15, 0.2) is 24.3 Å². The van der Waals surface area contributed by atoms with Gasteiger partial charge in [-0.2, -0.15) is 0 Å². The van der Waals surface area contributed by atoms with E-state index in [0.29, 0.717) is 25.9 Å². The number of esters is 1. The van der Waals surface area contributed by atoms with Crippen LogP contribution in [0.4, 0.5) is 0 Å². The summed E-state index contributed by atoms with van der Waals surface area (Å²) in [5, 5.41) is 23.5. The Labute approximate surface area is 590 Å². The topological polar surface area (TPSA) is 95.9 Å². The second-order valence-corrected chi connectivity index (χ2v) is 30.2. The Balaban J connectivity index is 3.36. The van der Waals surface area contributed by atoms with Crippen molar-refractivity contribution in [3.63, 3.8) is 0 Å². The number of nitrogens with one attached hydrogen (secondary N) is 1. The molecule has 558 valence electrons. The molecule has 0 aromatic heterocycles. The van der Waals surface area contributed by atoms with E-state index in [2.05, 4.69) is 43.5 Å². The summed E-state index contributed by atoms with van der Waals surface area (Å²) in [5.74, 6) is -0.00381. The van der Waals surface area contributed by atoms with Crippen molar-refractivity contribution < 1.29 is 24.5 Å². The van der Waals surface area contributed by atoms with Gasteiger partial charge in [0.15, 0.2) is 0 Å². The predicted octanol–water partition coefficient (Wildman–Crippen LogP) is 29.2. The van der Waals surface area contributed by atoms with Crippen LogP contribution < -0.4 is 5.32 Å². The van der Waals surface area contributed by atoms with Crippen molar-refractivity contribution in [2.24, 2.45) is 0 Å². The Hall–Kier alpha value is -1.66. The molecule has 2 atom stereocenters. The fraction of sp³-hybridized carbons (Fsp3) is 0.932. The van der Waals surface area contributed by atoms with Gasteiger partial charge >= 0.3 is 5.97 Å². The molecule has 0 heterocycles. The van der Waals surface area contributed by atoms with Crippen LogP contribution in [0.25, 0.3) is 0 Å². The lowest BCUT2D eigenvalue weighted by Crippen LogP contribution is -2.45. The van der Waals surface area contributed by atoms with Crippen LogP contribution in [0.1, 0.15) is 502 Å². The summed E-state index contributed by atoms with van der Waals surface area (Å²) in [6.45, 7) is 5.02. The third kappa shape index (κ3) is 79.3. The molecule has 0 aromatic carbocycles. The van der Waals surface area contributed by atoms with Crippen LogP contribution in [0.3, 0.4) is 0 Å². The van der Waals surface area contributed by atoms with Crippen molar-refractivity contribution in [1.29, 1.82) is 0 Å². The van der Waals surface area contributed by atoms with Gasteiger partial charge in [-0.1, -0.05) is 456 Å². The molecule has 6 heteroatoms. The number of unbranched alkanes of at least 4 members (excludes halogenated alkanes) is 68. The summed E-state index contributed by atoms with van der Waals surface area (Å²) < 4.78 is 5.52. The number of amides is 1. The lowest BCUT2D eigenvalue weighted by atomic mass is 10.0. The summed E-state index contributed by atoms with van der Waals surface area (Å²) in [4.78, 5) is 24.7. The number of ether oxygens (including phenoxy) is 1. The highest BCUT2D eigenvalue weighted by Gasteiger charge is 2.20. The first-order valence-corrected chi connectivity index (χ1v) is 43.6. The Kier molecular flexibility index (Phi) is 82.3. The average Bonchev–Trinajstić information content (AvgIpc) is 3.63. The van der Waals surface area contributed by atoms with Gasteiger partial charge in [-0.25, -0.2) is 0 Å². The molecular weight excluding hydrogens is 1150 g/mol. The Bertz CT molecular complexity index is 1480. The zero-order valence-corrected chi connectivity index (χ0v) is 64.2. The van der Waals surface area contributed by atoms with Gasteiger partial charge < -0.3 is 20.3 Å². The smallest absolute Gasteiger partial charge is 0.305 e. The molecule has 0 radical (unpaired) electrons. The number of hydrogen-bond donors (Lipinski definition) is 3. The Morgan fingerprint density at radius 2 is 0.532 bits per heavy atom. The molecule has 0 rings (SSSR count). The first-order chi connectivity index (χ1) is 46.5. The molecule has 0 bridgehead atoms. The van der Waals surface area contributed by atoms with Gasteiger partial charge in [0.05, 0.1) is 25.4 Å². The van der Waals surface area contributed by atoms with Crippen LogP contribution >= 0.6 is 0 Å². The third-order valence-corrected chi connectivity index (χ3v) is 20.8. The second kappa shape index (κ2) is 83.8. The van der Waals surface area contributed by atoms with Crippen LogP contribution in [0.5, 0.6) is 0 Å². The van der Waals surface area contributed by atoms with E-state index in [1.165, 1.54) is 424 Å². The van der Waals surface area contributed by atoms with Crippen molar-refractivity contribution in [3.8, 4) is 0 Å². The SMILES string of the molecule is CCCCCCCCCCCCCCCCCCCCCCCCCCC(O)C(CO)NC(=O)CCCCCCCCCCCCCCCCCCC/C=C\C/C=C\CCCCCCCCCCCCCOC(=O)CCCCCCCCCCCCCCCCCCCC. The Morgan fingerprint density at radius 1 is 0.298 bits per heavy atom. The van der Waals surface area contributed by atoms with E-state index < -0.39 is 12.1 Å². The highest BCUT2D eigenvalue weighted by molar-refractivity contribution is 5.76. The van der Waals surface area contributed by atoms with E-state index in [1.807, 2.05) is 0 Å². The molecule has 0 aromatic rings. The summed E-state index contributed by atoms with van der Waals surface area (Å²) in [6.07, 6.45) is 109. The largest absolute Gasteiger partial charge is 0.466 e. The molecule has 6 nitrogen and oxygen atoms in total. The monoisotopic (exact) mass is 1320 g/mol. The van der Waals surface area contributed by atoms with Crippen molar-refractivity contribution in [3.05, 3.63) is 24.3 Å². The quantitative estimate of drug-likeness (QED) is 0.0320. The maximum absolute atomic E-state index is 12.6. The van der Waals surface area contributed by atoms with E-state index in [4.69, 9.17) is 4.74 Å². The number of hydrogen-bond acceptors (Lipinski definition) is 5.